The normalized spacial score (nSPS) is 13.8. The number of aliphatic hydroxyl groups is 2. The predicted molar refractivity (Wildman–Crippen MR) is 170 cm³/mol. The minimum absolute atomic E-state index is 0.0364. The molecule has 4 rings (SSSR count). The maximum atomic E-state index is 13.5. The average Bonchev–Trinajstić information content (AvgIpc) is 3.05. The van der Waals surface area contributed by atoms with Crippen LogP contribution < -0.4 is 14.8 Å². The summed E-state index contributed by atoms with van der Waals surface area (Å²) in [6.45, 7) is 5.00. The van der Waals surface area contributed by atoms with E-state index in [4.69, 9.17) is 56.5 Å². The predicted octanol–water partition coefficient (Wildman–Crippen LogP) is 2.09. The molecule has 0 bridgehead atoms. The highest BCUT2D eigenvalue weighted by Gasteiger charge is 2.17. The zero-order chi connectivity index (χ0) is 36.5. The number of ether oxygens (including phenoxy) is 3. The summed E-state index contributed by atoms with van der Waals surface area (Å²) in [5.74, 6) is -4.38. The molecule has 1 aliphatic rings. The lowest BCUT2D eigenvalue weighted by Gasteiger charge is -2.26. The summed E-state index contributed by atoms with van der Waals surface area (Å²) in [6, 6.07) is 8.09. The van der Waals surface area contributed by atoms with E-state index >= 15 is 0 Å². The maximum absolute atomic E-state index is 13.5. The zero-order valence-electron chi connectivity index (χ0n) is 26.1. The lowest BCUT2D eigenvalue weighted by molar-refractivity contribution is -0.153. The van der Waals surface area contributed by atoms with Crippen molar-refractivity contribution in [3.05, 3.63) is 47.5 Å². The number of anilines is 2. The van der Waals surface area contributed by atoms with Gasteiger partial charge in [0.15, 0.2) is 23.7 Å². The number of carboxylic acids is 4. The SMILES string of the molecule is COc1cc2ncnc(Nc3ccc(F)c(Cl)c3)c2cc1OCCCN1CCOCC1.O=C(O)C[C@H](O)C(=O)O.O=C(O)C[C@H](O)C(=O)O. The fraction of sp³-hybridized carbons (Fsp3) is 0.400. The Morgan fingerprint density at radius 1 is 0.959 bits per heavy atom. The van der Waals surface area contributed by atoms with Gasteiger partial charge in [-0.3, -0.25) is 14.5 Å². The molecular formula is C30H36ClFN4O13. The van der Waals surface area contributed by atoms with Crippen LogP contribution in [0.1, 0.15) is 19.3 Å². The van der Waals surface area contributed by atoms with Gasteiger partial charge in [0.1, 0.15) is 18.0 Å². The topological polar surface area (TPSA) is 258 Å². The molecule has 1 aromatic heterocycles. The molecule has 49 heavy (non-hydrogen) atoms. The first-order chi connectivity index (χ1) is 23.2. The lowest BCUT2D eigenvalue weighted by Crippen LogP contribution is -2.37. The summed E-state index contributed by atoms with van der Waals surface area (Å²) in [4.78, 5) is 49.9. The molecule has 7 N–H and O–H groups in total. The number of benzene rings is 2. The molecule has 0 aliphatic carbocycles. The molecule has 1 fully saturated rings. The van der Waals surface area contributed by atoms with Crippen LogP contribution in [0.4, 0.5) is 15.9 Å². The van der Waals surface area contributed by atoms with Gasteiger partial charge in [0.2, 0.25) is 0 Å². The first-order valence-electron chi connectivity index (χ1n) is 14.4. The molecule has 19 heteroatoms. The number of carboxylic acid groups (broad SMARTS) is 4. The number of aromatic nitrogens is 2. The van der Waals surface area contributed by atoms with Gasteiger partial charge >= 0.3 is 23.9 Å². The molecule has 268 valence electrons. The number of morpholine rings is 1. The molecule has 0 radical (unpaired) electrons. The highest BCUT2D eigenvalue weighted by molar-refractivity contribution is 6.31. The number of rotatable bonds is 14. The van der Waals surface area contributed by atoms with E-state index in [1.165, 1.54) is 18.5 Å². The minimum Gasteiger partial charge on any atom is -0.493 e. The van der Waals surface area contributed by atoms with Crippen molar-refractivity contribution in [2.45, 2.75) is 31.5 Å². The molecule has 2 aromatic carbocycles. The quantitative estimate of drug-likeness (QED) is 0.118. The van der Waals surface area contributed by atoms with Crippen molar-refractivity contribution >= 4 is 57.9 Å². The van der Waals surface area contributed by atoms with Gasteiger partial charge in [-0.15, -0.1) is 0 Å². The second-order valence-electron chi connectivity index (χ2n) is 10.1. The smallest absolute Gasteiger partial charge is 0.333 e. The summed E-state index contributed by atoms with van der Waals surface area (Å²) < 4.78 is 30.4. The number of aliphatic carboxylic acids is 4. The Bertz CT molecular complexity index is 1540. The van der Waals surface area contributed by atoms with E-state index in [2.05, 4.69) is 20.2 Å². The van der Waals surface area contributed by atoms with Gasteiger partial charge in [0.25, 0.3) is 0 Å². The molecular weight excluding hydrogens is 679 g/mol. The van der Waals surface area contributed by atoms with Gasteiger partial charge in [0.05, 0.1) is 50.3 Å². The molecule has 0 spiro atoms. The fourth-order valence-corrected chi connectivity index (χ4v) is 4.13. The van der Waals surface area contributed by atoms with Gasteiger partial charge < -0.3 is 50.2 Å². The van der Waals surface area contributed by atoms with Crippen molar-refractivity contribution in [2.75, 3.05) is 51.9 Å². The molecule has 3 aromatic rings. The summed E-state index contributed by atoms with van der Waals surface area (Å²) in [5, 5.41) is 52.3. The Morgan fingerprint density at radius 2 is 1.57 bits per heavy atom. The molecule has 1 aliphatic heterocycles. The summed E-state index contributed by atoms with van der Waals surface area (Å²) >= 11 is 5.90. The van der Waals surface area contributed by atoms with Crippen LogP contribution in [-0.2, 0) is 23.9 Å². The van der Waals surface area contributed by atoms with Crippen molar-refractivity contribution < 1.29 is 68.4 Å². The highest BCUT2D eigenvalue weighted by Crippen LogP contribution is 2.35. The van der Waals surface area contributed by atoms with E-state index in [9.17, 15) is 23.6 Å². The molecule has 17 nitrogen and oxygen atoms in total. The average molecular weight is 715 g/mol. The van der Waals surface area contributed by atoms with Crippen molar-refractivity contribution in [3.8, 4) is 11.5 Å². The van der Waals surface area contributed by atoms with Crippen LogP contribution in [0.15, 0.2) is 36.7 Å². The summed E-state index contributed by atoms with van der Waals surface area (Å²) in [7, 11) is 1.60. The van der Waals surface area contributed by atoms with Crippen molar-refractivity contribution in [2.24, 2.45) is 0 Å². The van der Waals surface area contributed by atoms with Gasteiger partial charge in [0, 0.05) is 36.8 Å². The van der Waals surface area contributed by atoms with Crippen molar-refractivity contribution in [1.82, 2.24) is 14.9 Å². The van der Waals surface area contributed by atoms with E-state index in [1.54, 1.807) is 13.2 Å². The van der Waals surface area contributed by atoms with Crippen LogP contribution in [0.2, 0.25) is 5.02 Å². The van der Waals surface area contributed by atoms with Gasteiger partial charge in [-0.1, -0.05) is 11.6 Å². The second kappa shape index (κ2) is 20.5. The fourth-order valence-electron chi connectivity index (χ4n) is 3.95. The Kier molecular flexibility index (Phi) is 16.8. The third-order valence-electron chi connectivity index (χ3n) is 6.39. The molecule has 0 unspecified atom stereocenters. The van der Waals surface area contributed by atoms with Gasteiger partial charge in [-0.2, -0.15) is 0 Å². The standard InChI is InChI=1S/C22H24ClFN4O3.2C4H6O5/c1-29-20-13-19-16(12-21(20)31-8-2-5-28-6-9-30-10-7-28)22(26-14-25-19)27-15-3-4-18(24)17(23)11-15;2*5-2(4(8)9)1-3(6)7/h3-4,11-14H,2,5-10H2,1H3,(H,25,26,27);2*2,5H,1H2,(H,6,7)(H,8,9)/t;2*2-/m.00/s1. The van der Waals surface area contributed by atoms with Gasteiger partial charge in [-0.25, -0.2) is 23.9 Å². The second-order valence-corrected chi connectivity index (χ2v) is 10.5. The monoisotopic (exact) mass is 714 g/mol. The molecule has 1 saturated heterocycles. The number of methoxy groups -OCH3 is 1. The summed E-state index contributed by atoms with van der Waals surface area (Å²) in [6.07, 6.45) is -2.74. The van der Waals surface area contributed by atoms with E-state index in [-0.39, 0.29) is 5.02 Å². The number of fused-ring (bicyclic) bond motifs is 1. The Balaban J connectivity index is 0.000000381. The summed E-state index contributed by atoms with van der Waals surface area (Å²) in [5.41, 5.74) is 1.32. The number of halogens is 2. The number of carbonyl (C=O) groups is 4. The number of hydrogen-bond donors (Lipinski definition) is 7. The van der Waals surface area contributed by atoms with Crippen LogP contribution >= 0.6 is 11.6 Å². The molecule has 2 heterocycles. The van der Waals surface area contributed by atoms with E-state index in [0.29, 0.717) is 35.1 Å². The zero-order valence-corrected chi connectivity index (χ0v) is 26.9. The van der Waals surface area contributed by atoms with E-state index < -0.39 is 54.7 Å². The largest absolute Gasteiger partial charge is 0.493 e. The van der Waals surface area contributed by atoms with E-state index in [0.717, 1.165) is 44.7 Å². The maximum Gasteiger partial charge on any atom is 0.333 e. The Morgan fingerprint density at radius 3 is 2.08 bits per heavy atom. The van der Waals surface area contributed by atoms with Crippen LogP contribution in [0, 0.1) is 5.82 Å². The lowest BCUT2D eigenvalue weighted by atomic mass is 10.2. The minimum atomic E-state index is -1.79. The van der Waals surface area contributed by atoms with E-state index in [1.807, 2.05) is 12.1 Å². The third-order valence-corrected chi connectivity index (χ3v) is 6.68. The first-order valence-corrected chi connectivity index (χ1v) is 14.8. The van der Waals surface area contributed by atoms with Crippen LogP contribution in [0.25, 0.3) is 10.9 Å². The molecule has 0 amide bonds. The Hall–Kier alpha value is -4.88. The third kappa shape index (κ3) is 14.4. The molecule has 2 atom stereocenters. The number of nitrogens with one attached hydrogen (secondary N) is 1. The number of hydrogen-bond acceptors (Lipinski definition) is 13. The van der Waals surface area contributed by atoms with Crippen LogP contribution in [0.5, 0.6) is 11.5 Å². The number of aliphatic hydroxyl groups excluding tert-OH is 2. The van der Waals surface area contributed by atoms with Gasteiger partial charge in [-0.05, 0) is 30.7 Å². The Labute approximate surface area is 283 Å². The highest BCUT2D eigenvalue weighted by atomic mass is 35.5. The molecule has 0 saturated carbocycles. The first kappa shape index (κ1) is 40.3. The number of nitrogens with zero attached hydrogens (tertiary/aromatic N) is 3. The van der Waals surface area contributed by atoms with Crippen molar-refractivity contribution in [1.29, 1.82) is 0 Å². The van der Waals surface area contributed by atoms with Crippen molar-refractivity contribution in [3.63, 3.8) is 0 Å². The van der Waals surface area contributed by atoms with Crippen LogP contribution in [-0.4, -0.2) is 128 Å². The van der Waals surface area contributed by atoms with Crippen LogP contribution in [0.3, 0.4) is 0 Å².